The summed E-state index contributed by atoms with van der Waals surface area (Å²) in [5.74, 6) is 0. The maximum Gasteiger partial charge on any atom is 0.165 e. The van der Waals surface area contributed by atoms with Gasteiger partial charge in [0, 0.05) is 11.8 Å². The average Bonchev–Trinajstić information content (AvgIpc) is 2.46. The van der Waals surface area contributed by atoms with Gasteiger partial charge in [-0.25, -0.2) is 0 Å². The van der Waals surface area contributed by atoms with Gasteiger partial charge in [-0.15, -0.1) is 0 Å². The summed E-state index contributed by atoms with van der Waals surface area (Å²) in [5.41, 5.74) is 0.460. The molecule has 4 heteroatoms. The molecule has 0 fully saturated rings. The lowest BCUT2D eigenvalue weighted by Gasteiger charge is -2.16. The topological polar surface area (TPSA) is 61.8 Å². The zero-order valence-corrected chi connectivity index (χ0v) is 10.1. The molecule has 1 aromatic heterocycles. The van der Waals surface area contributed by atoms with E-state index in [0.717, 1.165) is 5.56 Å². The van der Waals surface area contributed by atoms with Crippen molar-refractivity contribution in [3.8, 4) is 6.07 Å². The Bertz CT molecular complexity index is 342. The third-order valence-corrected chi connectivity index (χ3v) is 1.60. The summed E-state index contributed by atoms with van der Waals surface area (Å²) in [7, 11) is 0. The molecule has 4 nitrogen and oxygen atoms in total. The van der Waals surface area contributed by atoms with Gasteiger partial charge in [0.25, 0.3) is 0 Å². The Morgan fingerprint density at radius 2 is 2.07 bits per heavy atom. The van der Waals surface area contributed by atoms with Gasteiger partial charge in [0.15, 0.2) is 5.69 Å². The van der Waals surface area contributed by atoms with Crippen LogP contribution in [0.3, 0.4) is 0 Å². The monoisotopic (exact) mass is 209 g/mol. The van der Waals surface area contributed by atoms with Gasteiger partial charge >= 0.3 is 0 Å². The molecule has 1 rings (SSSR count). The number of hydrogen-bond acceptors (Lipinski definition) is 3. The molecule has 0 atom stereocenters. The highest BCUT2D eigenvalue weighted by Crippen LogP contribution is 2.08. The second-order valence-electron chi connectivity index (χ2n) is 3.78. The first-order chi connectivity index (χ1) is 6.92. The third-order valence-electron chi connectivity index (χ3n) is 1.60. The second-order valence-corrected chi connectivity index (χ2v) is 3.78. The van der Waals surface area contributed by atoms with Crippen LogP contribution in [0.15, 0.2) is 6.20 Å². The van der Waals surface area contributed by atoms with Gasteiger partial charge in [-0.2, -0.15) is 10.4 Å². The predicted octanol–water partition coefficient (Wildman–Crippen LogP) is 1.86. The number of aliphatic hydroxyl groups is 1. The fraction of sp³-hybridized carbons (Fsp3) is 0.636. The summed E-state index contributed by atoms with van der Waals surface area (Å²) >= 11 is 0. The van der Waals surface area contributed by atoms with Gasteiger partial charge in [-0.1, -0.05) is 13.8 Å². The normalized spacial score (nSPS) is 10.2. The Morgan fingerprint density at radius 1 is 1.53 bits per heavy atom. The molecule has 0 spiro atoms. The van der Waals surface area contributed by atoms with E-state index in [1.54, 1.807) is 24.7 Å². The quantitative estimate of drug-likeness (QED) is 0.808. The molecular formula is C11H19N3O. The summed E-state index contributed by atoms with van der Waals surface area (Å²) < 4.78 is 1.59. The zero-order valence-electron chi connectivity index (χ0n) is 10.1. The van der Waals surface area contributed by atoms with E-state index < -0.39 is 5.60 Å². The number of rotatable bonds is 2. The number of nitrogens with zero attached hydrogens (tertiary/aromatic N) is 3. The van der Waals surface area contributed by atoms with Crippen molar-refractivity contribution in [3.63, 3.8) is 0 Å². The summed E-state index contributed by atoms with van der Waals surface area (Å²) in [4.78, 5) is 0. The van der Waals surface area contributed by atoms with E-state index in [0.29, 0.717) is 12.2 Å². The number of aryl methyl sites for hydroxylation is 1. The van der Waals surface area contributed by atoms with Crippen molar-refractivity contribution < 1.29 is 5.11 Å². The molecule has 0 aliphatic heterocycles. The minimum atomic E-state index is -0.800. The standard InChI is InChI=1S/C9H13N3O.C2H6/c1-7-5-12(6-9(2,3)13)11-8(7)4-10;1-2/h5,13H,6H2,1-3H3;1-2H3. The van der Waals surface area contributed by atoms with Crippen molar-refractivity contribution >= 4 is 0 Å². The molecule has 0 amide bonds. The molecule has 1 N–H and O–H groups in total. The Kier molecular flexibility index (Phi) is 5.03. The highest BCUT2D eigenvalue weighted by atomic mass is 16.3. The summed E-state index contributed by atoms with van der Waals surface area (Å²) in [6, 6.07) is 1.99. The van der Waals surface area contributed by atoms with Gasteiger partial charge in [0.2, 0.25) is 0 Å². The molecule has 0 aliphatic rings. The lowest BCUT2D eigenvalue weighted by Crippen LogP contribution is -2.26. The SMILES string of the molecule is CC.Cc1cn(CC(C)(C)O)nc1C#N. The summed E-state index contributed by atoms with van der Waals surface area (Å²) in [6.45, 7) is 9.63. The molecule has 1 aromatic rings. The predicted molar refractivity (Wildman–Crippen MR) is 59.3 cm³/mol. The van der Waals surface area contributed by atoms with Crippen LogP contribution in [0.4, 0.5) is 0 Å². The van der Waals surface area contributed by atoms with Gasteiger partial charge in [-0.05, 0) is 20.8 Å². The summed E-state index contributed by atoms with van der Waals surface area (Å²) in [6.07, 6.45) is 1.76. The molecule has 84 valence electrons. The van der Waals surface area contributed by atoms with E-state index in [9.17, 15) is 5.11 Å². The van der Waals surface area contributed by atoms with Gasteiger partial charge in [0.1, 0.15) is 6.07 Å². The van der Waals surface area contributed by atoms with Crippen LogP contribution in [-0.2, 0) is 6.54 Å². The van der Waals surface area contributed by atoms with Crippen molar-refractivity contribution in [2.24, 2.45) is 0 Å². The van der Waals surface area contributed by atoms with Crippen LogP contribution in [0.5, 0.6) is 0 Å². The Labute approximate surface area is 91.2 Å². The van der Waals surface area contributed by atoms with E-state index in [4.69, 9.17) is 5.26 Å². The van der Waals surface area contributed by atoms with E-state index >= 15 is 0 Å². The lowest BCUT2D eigenvalue weighted by molar-refractivity contribution is 0.0577. The van der Waals surface area contributed by atoms with Crippen molar-refractivity contribution in [1.82, 2.24) is 9.78 Å². The minimum Gasteiger partial charge on any atom is -0.389 e. The van der Waals surface area contributed by atoms with Crippen LogP contribution in [-0.4, -0.2) is 20.5 Å². The number of aromatic nitrogens is 2. The van der Waals surface area contributed by atoms with E-state index in [2.05, 4.69) is 5.10 Å². The maximum absolute atomic E-state index is 9.50. The highest BCUT2D eigenvalue weighted by Gasteiger charge is 2.15. The molecular weight excluding hydrogens is 190 g/mol. The molecule has 15 heavy (non-hydrogen) atoms. The van der Waals surface area contributed by atoms with Gasteiger partial charge < -0.3 is 5.11 Å². The first-order valence-corrected chi connectivity index (χ1v) is 5.09. The first-order valence-electron chi connectivity index (χ1n) is 5.09. The van der Waals surface area contributed by atoms with Crippen LogP contribution in [0.2, 0.25) is 0 Å². The van der Waals surface area contributed by atoms with E-state index in [-0.39, 0.29) is 0 Å². The fourth-order valence-electron chi connectivity index (χ4n) is 1.11. The largest absolute Gasteiger partial charge is 0.389 e. The van der Waals surface area contributed by atoms with Gasteiger partial charge in [0.05, 0.1) is 12.1 Å². The Morgan fingerprint density at radius 3 is 2.40 bits per heavy atom. The fourth-order valence-corrected chi connectivity index (χ4v) is 1.11. The van der Waals surface area contributed by atoms with E-state index in [1.807, 2.05) is 26.8 Å². The first kappa shape index (κ1) is 13.7. The molecule has 1 heterocycles. The smallest absolute Gasteiger partial charge is 0.165 e. The Hall–Kier alpha value is -1.34. The van der Waals surface area contributed by atoms with Crippen molar-refractivity contribution in [2.75, 3.05) is 0 Å². The van der Waals surface area contributed by atoms with Crippen molar-refractivity contribution in [3.05, 3.63) is 17.5 Å². The van der Waals surface area contributed by atoms with E-state index in [1.165, 1.54) is 0 Å². The maximum atomic E-state index is 9.50. The van der Waals surface area contributed by atoms with Gasteiger partial charge in [-0.3, -0.25) is 4.68 Å². The number of nitriles is 1. The lowest BCUT2D eigenvalue weighted by atomic mass is 10.1. The molecule has 0 bridgehead atoms. The van der Waals surface area contributed by atoms with Crippen LogP contribution >= 0.6 is 0 Å². The molecule has 0 radical (unpaired) electrons. The second kappa shape index (κ2) is 5.52. The highest BCUT2D eigenvalue weighted by molar-refractivity contribution is 5.27. The van der Waals surface area contributed by atoms with Crippen LogP contribution < -0.4 is 0 Å². The van der Waals surface area contributed by atoms with Crippen LogP contribution in [0.1, 0.15) is 39.0 Å². The Balaban J connectivity index is 0.000000921. The van der Waals surface area contributed by atoms with Crippen LogP contribution in [0.25, 0.3) is 0 Å². The number of hydrogen-bond donors (Lipinski definition) is 1. The van der Waals surface area contributed by atoms with Crippen molar-refractivity contribution in [1.29, 1.82) is 5.26 Å². The summed E-state index contributed by atoms with van der Waals surface area (Å²) in [5, 5.41) is 22.2. The molecule has 0 unspecified atom stereocenters. The van der Waals surface area contributed by atoms with Crippen molar-refractivity contribution in [2.45, 2.75) is 46.8 Å². The molecule has 0 aromatic carbocycles. The van der Waals surface area contributed by atoms with Crippen LogP contribution in [0, 0.1) is 18.3 Å². The zero-order chi connectivity index (χ0) is 12.1. The minimum absolute atomic E-state index is 0.398. The average molecular weight is 209 g/mol. The molecule has 0 aliphatic carbocycles. The molecule has 0 saturated heterocycles. The third kappa shape index (κ3) is 4.61. The molecule has 0 saturated carbocycles.